The lowest BCUT2D eigenvalue weighted by atomic mass is 10.1. The van der Waals surface area contributed by atoms with Crippen LogP contribution in [0.5, 0.6) is 0 Å². The molecule has 1 atom stereocenters. The molecule has 2 N–H and O–H groups in total. The molecule has 0 radical (unpaired) electrons. The summed E-state index contributed by atoms with van der Waals surface area (Å²) in [7, 11) is 0. The van der Waals surface area contributed by atoms with E-state index in [1.165, 1.54) is 29.9 Å². The summed E-state index contributed by atoms with van der Waals surface area (Å²) < 4.78 is 0. The van der Waals surface area contributed by atoms with Crippen LogP contribution in [-0.2, 0) is 4.79 Å². The Hall–Kier alpha value is -1.16. The molecular weight excluding hydrogens is 256 g/mol. The van der Waals surface area contributed by atoms with Crippen LogP contribution in [0.3, 0.4) is 0 Å². The fraction of sp³-hybridized carbons (Fsp3) is 0.533. The van der Waals surface area contributed by atoms with Gasteiger partial charge in [-0.1, -0.05) is 13.0 Å². The van der Waals surface area contributed by atoms with Gasteiger partial charge in [-0.15, -0.1) is 0 Å². The zero-order chi connectivity index (χ0) is 13.7. The third kappa shape index (κ3) is 4.16. The van der Waals surface area contributed by atoms with Crippen molar-refractivity contribution >= 4 is 29.0 Å². The second kappa shape index (κ2) is 6.85. The summed E-state index contributed by atoms with van der Waals surface area (Å²) in [5.41, 5.74) is 3.25. The topological polar surface area (TPSA) is 41.1 Å². The Balaban J connectivity index is 2.05. The SMILES string of the molecule is CCC(=O)Nc1ccc(C)c(NC2CCCSC2)c1. The van der Waals surface area contributed by atoms with Crippen molar-refractivity contribution in [3.63, 3.8) is 0 Å². The minimum Gasteiger partial charge on any atom is -0.381 e. The highest BCUT2D eigenvalue weighted by atomic mass is 32.2. The fourth-order valence-corrected chi connectivity index (χ4v) is 3.25. The number of carbonyl (C=O) groups excluding carboxylic acids is 1. The second-order valence-corrected chi connectivity index (χ2v) is 6.14. The van der Waals surface area contributed by atoms with E-state index in [1.54, 1.807) is 0 Å². The smallest absolute Gasteiger partial charge is 0.224 e. The van der Waals surface area contributed by atoms with Crippen LogP contribution >= 0.6 is 11.8 Å². The highest BCUT2D eigenvalue weighted by Gasteiger charge is 2.14. The highest BCUT2D eigenvalue weighted by molar-refractivity contribution is 7.99. The first-order chi connectivity index (χ1) is 9.19. The highest BCUT2D eigenvalue weighted by Crippen LogP contribution is 2.25. The van der Waals surface area contributed by atoms with Gasteiger partial charge in [0.2, 0.25) is 5.91 Å². The quantitative estimate of drug-likeness (QED) is 0.883. The zero-order valence-corrected chi connectivity index (χ0v) is 12.5. The van der Waals surface area contributed by atoms with Gasteiger partial charge in [-0.05, 0) is 43.2 Å². The van der Waals surface area contributed by atoms with E-state index >= 15 is 0 Å². The first-order valence-corrected chi connectivity index (χ1v) is 8.09. The monoisotopic (exact) mass is 278 g/mol. The lowest BCUT2D eigenvalue weighted by Crippen LogP contribution is -2.26. The average Bonchev–Trinajstić information content (AvgIpc) is 2.43. The Kier molecular flexibility index (Phi) is 5.14. The molecule has 1 aliphatic rings. The van der Waals surface area contributed by atoms with Crippen molar-refractivity contribution in [3.05, 3.63) is 23.8 Å². The van der Waals surface area contributed by atoms with Gasteiger partial charge in [0.15, 0.2) is 0 Å². The van der Waals surface area contributed by atoms with Crippen LogP contribution in [0.2, 0.25) is 0 Å². The van der Waals surface area contributed by atoms with Gasteiger partial charge in [0.1, 0.15) is 0 Å². The summed E-state index contributed by atoms with van der Waals surface area (Å²) in [6, 6.07) is 6.62. The largest absolute Gasteiger partial charge is 0.381 e. The summed E-state index contributed by atoms with van der Waals surface area (Å²) in [5, 5.41) is 6.52. The Morgan fingerprint density at radius 2 is 2.32 bits per heavy atom. The summed E-state index contributed by atoms with van der Waals surface area (Å²) in [6.45, 7) is 3.96. The van der Waals surface area contributed by atoms with E-state index in [2.05, 4.69) is 23.6 Å². The third-order valence-electron chi connectivity index (χ3n) is 3.36. The normalized spacial score (nSPS) is 18.9. The minimum absolute atomic E-state index is 0.0584. The van der Waals surface area contributed by atoms with Gasteiger partial charge in [0, 0.05) is 29.6 Å². The molecule has 1 heterocycles. The van der Waals surface area contributed by atoms with E-state index in [9.17, 15) is 4.79 Å². The van der Waals surface area contributed by atoms with Crippen molar-refractivity contribution in [3.8, 4) is 0 Å². The van der Waals surface area contributed by atoms with Gasteiger partial charge in [-0.25, -0.2) is 0 Å². The maximum absolute atomic E-state index is 11.4. The lowest BCUT2D eigenvalue weighted by molar-refractivity contribution is -0.115. The van der Waals surface area contributed by atoms with Crippen LogP contribution in [0, 0.1) is 6.92 Å². The van der Waals surface area contributed by atoms with Crippen molar-refractivity contribution in [1.29, 1.82) is 0 Å². The summed E-state index contributed by atoms with van der Waals surface area (Å²) in [5.74, 6) is 2.51. The Labute approximate surface area is 119 Å². The van der Waals surface area contributed by atoms with E-state index in [0.29, 0.717) is 12.5 Å². The summed E-state index contributed by atoms with van der Waals surface area (Å²) in [6.07, 6.45) is 3.03. The Morgan fingerprint density at radius 3 is 3.00 bits per heavy atom. The van der Waals surface area contributed by atoms with Crippen molar-refractivity contribution < 1.29 is 4.79 Å². The summed E-state index contributed by atoms with van der Waals surface area (Å²) >= 11 is 2.01. The number of nitrogens with one attached hydrogen (secondary N) is 2. The molecule has 19 heavy (non-hydrogen) atoms. The molecule has 1 saturated heterocycles. The van der Waals surface area contributed by atoms with Crippen LogP contribution in [-0.4, -0.2) is 23.5 Å². The number of rotatable bonds is 4. The van der Waals surface area contributed by atoms with Crippen molar-refractivity contribution in [2.75, 3.05) is 22.1 Å². The van der Waals surface area contributed by atoms with E-state index in [1.807, 2.05) is 30.8 Å². The van der Waals surface area contributed by atoms with Gasteiger partial charge in [-0.2, -0.15) is 11.8 Å². The van der Waals surface area contributed by atoms with Crippen LogP contribution in [0.4, 0.5) is 11.4 Å². The molecule has 1 aromatic rings. The van der Waals surface area contributed by atoms with Crippen molar-refractivity contribution in [2.45, 2.75) is 39.2 Å². The molecule has 4 heteroatoms. The van der Waals surface area contributed by atoms with Gasteiger partial charge in [0.25, 0.3) is 0 Å². The predicted octanol–water partition coefficient (Wildman–Crippen LogP) is 3.65. The maximum Gasteiger partial charge on any atom is 0.224 e. The molecule has 2 rings (SSSR count). The van der Waals surface area contributed by atoms with Crippen LogP contribution < -0.4 is 10.6 Å². The molecule has 1 unspecified atom stereocenters. The minimum atomic E-state index is 0.0584. The molecule has 0 saturated carbocycles. The van der Waals surface area contributed by atoms with Gasteiger partial charge in [-0.3, -0.25) is 4.79 Å². The molecule has 0 aliphatic carbocycles. The first kappa shape index (κ1) is 14.3. The number of benzene rings is 1. The number of carbonyl (C=O) groups is 1. The Bertz CT molecular complexity index is 442. The molecular formula is C15H22N2OS. The van der Waals surface area contributed by atoms with E-state index in [0.717, 1.165) is 11.4 Å². The molecule has 1 aliphatic heterocycles. The molecule has 0 spiro atoms. The van der Waals surface area contributed by atoms with Crippen LogP contribution in [0.25, 0.3) is 0 Å². The van der Waals surface area contributed by atoms with E-state index in [-0.39, 0.29) is 5.91 Å². The van der Waals surface area contributed by atoms with Crippen LogP contribution in [0.15, 0.2) is 18.2 Å². The second-order valence-electron chi connectivity index (χ2n) is 4.99. The predicted molar refractivity (Wildman–Crippen MR) is 84.1 cm³/mol. The number of anilines is 2. The molecule has 3 nitrogen and oxygen atoms in total. The number of thioether (sulfide) groups is 1. The van der Waals surface area contributed by atoms with Gasteiger partial charge >= 0.3 is 0 Å². The summed E-state index contributed by atoms with van der Waals surface area (Å²) in [4.78, 5) is 11.4. The number of hydrogen-bond donors (Lipinski definition) is 2. The molecule has 0 bridgehead atoms. The average molecular weight is 278 g/mol. The maximum atomic E-state index is 11.4. The van der Waals surface area contributed by atoms with Crippen molar-refractivity contribution in [1.82, 2.24) is 0 Å². The molecule has 1 amide bonds. The lowest BCUT2D eigenvalue weighted by Gasteiger charge is -2.24. The zero-order valence-electron chi connectivity index (χ0n) is 11.7. The van der Waals surface area contributed by atoms with Gasteiger partial charge < -0.3 is 10.6 Å². The van der Waals surface area contributed by atoms with Crippen LogP contribution in [0.1, 0.15) is 31.7 Å². The molecule has 1 aromatic carbocycles. The number of hydrogen-bond acceptors (Lipinski definition) is 3. The first-order valence-electron chi connectivity index (χ1n) is 6.94. The Morgan fingerprint density at radius 1 is 1.47 bits per heavy atom. The molecule has 1 fully saturated rings. The number of aryl methyl sites for hydroxylation is 1. The standard InChI is InChI=1S/C15H22N2OS/c1-3-15(18)17-12-7-6-11(2)14(9-12)16-13-5-4-8-19-10-13/h6-7,9,13,16H,3-5,8,10H2,1-2H3,(H,17,18). The third-order valence-corrected chi connectivity index (χ3v) is 4.58. The van der Waals surface area contributed by atoms with Gasteiger partial charge in [0.05, 0.1) is 0 Å². The number of amides is 1. The van der Waals surface area contributed by atoms with E-state index in [4.69, 9.17) is 0 Å². The fourth-order valence-electron chi connectivity index (χ4n) is 2.18. The van der Waals surface area contributed by atoms with Crippen molar-refractivity contribution in [2.24, 2.45) is 0 Å². The molecule has 104 valence electrons. The molecule has 0 aromatic heterocycles. The van der Waals surface area contributed by atoms with E-state index < -0.39 is 0 Å².